The van der Waals surface area contributed by atoms with E-state index in [1.54, 1.807) is 7.05 Å². The molecular weight excluding hydrogens is 185 g/mol. The largest absolute Gasteiger partial charge is 0.396 e. The summed E-state index contributed by atoms with van der Waals surface area (Å²) in [5.74, 6) is -0.124. The molecule has 0 aliphatic carbocycles. The molecule has 0 saturated carbocycles. The van der Waals surface area contributed by atoms with E-state index in [1.807, 2.05) is 13.8 Å². The van der Waals surface area contributed by atoms with Gasteiger partial charge in [0.1, 0.15) is 0 Å². The van der Waals surface area contributed by atoms with Gasteiger partial charge in [0.15, 0.2) is 11.6 Å². The predicted molar refractivity (Wildman–Crippen MR) is 54.7 cm³/mol. The van der Waals surface area contributed by atoms with Crippen molar-refractivity contribution in [3.63, 3.8) is 0 Å². The van der Waals surface area contributed by atoms with Crippen LogP contribution in [0.4, 0.5) is 10.2 Å². The SMILES string of the molecule is CC.Cn1cc(F)c(NCCCO)n1. The fourth-order valence-electron chi connectivity index (χ4n) is 0.865. The number of aryl methyl sites for hydroxylation is 1. The van der Waals surface area contributed by atoms with Gasteiger partial charge in [-0.15, -0.1) is 0 Å². The van der Waals surface area contributed by atoms with Gasteiger partial charge < -0.3 is 10.4 Å². The number of hydrogen-bond acceptors (Lipinski definition) is 3. The van der Waals surface area contributed by atoms with Crippen LogP contribution in [0.1, 0.15) is 20.3 Å². The second-order valence-electron chi connectivity index (χ2n) is 2.50. The van der Waals surface area contributed by atoms with Crippen LogP contribution in [0.2, 0.25) is 0 Å². The van der Waals surface area contributed by atoms with Crippen LogP contribution in [0.15, 0.2) is 6.20 Å². The lowest BCUT2D eigenvalue weighted by molar-refractivity contribution is 0.292. The molecule has 2 N–H and O–H groups in total. The zero-order chi connectivity index (χ0) is 11.0. The number of hydrogen-bond donors (Lipinski definition) is 2. The Balaban J connectivity index is 0.000000791. The lowest BCUT2D eigenvalue weighted by Gasteiger charge is -1.99. The van der Waals surface area contributed by atoms with Crippen molar-refractivity contribution >= 4 is 5.82 Å². The number of rotatable bonds is 4. The van der Waals surface area contributed by atoms with Gasteiger partial charge in [-0.05, 0) is 6.42 Å². The summed E-state index contributed by atoms with van der Waals surface area (Å²) in [7, 11) is 1.65. The Bertz CT molecular complexity index is 250. The molecule has 1 heterocycles. The van der Waals surface area contributed by atoms with Crippen LogP contribution in [0, 0.1) is 5.82 Å². The first kappa shape index (κ1) is 12.9. The van der Waals surface area contributed by atoms with E-state index >= 15 is 0 Å². The van der Waals surface area contributed by atoms with Gasteiger partial charge in [-0.3, -0.25) is 4.68 Å². The molecule has 0 aliphatic heterocycles. The Morgan fingerprint density at radius 2 is 2.21 bits per heavy atom. The second kappa shape index (κ2) is 7.32. The third kappa shape index (κ3) is 4.23. The number of anilines is 1. The zero-order valence-electron chi connectivity index (χ0n) is 8.92. The smallest absolute Gasteiger partial charge is 0.184 e. The van der Waals surface area contributed by atoms with Crippen molar-refractivity contribution in [3.8, 4) is 0 Å². The molecular formula is C9H18FN3O. The molecule has 82 valence electrons. The van der Waals surface area contributed by atoms with E-state index in [4.69, 9.17) is 5.11 Å². The first-order valence-corrected chi connectivity index (χ1v) is 4.78. The predicted octanol–water partition coefficient (Wildman–Crippen LogP) is 1.38. The van der Waals surface area contributed by atoms with E-state index in [1.165, 1.54) is 10.9 Å². The van der Waals surface area contributed by atoms with E-state index in [-0.39, 0.29) is 18.2 Å². The van der Waals surface area contributed by atoms with Gasteiger partial charge in [-0.1, -0.05) is 13.8 Å². The normalized spacial score (nSPS) is 9.21. The molecule has 1 aromatic heterocycles. The Labute approximate surface area is 83.7 Å². The molecule has 0 amide bonds. The highest BCUT2D eigenvalue weighted by molar-refractivity contribution is 5.33. The number of aromatic nitrogens is 2. The van der Waals surface area contributed by atoms with Crippen molar-refractivity contribution in [1.29, 1.82) is 0 Å². The Hall–Kier alpha value is -1.10. The summed E-state index contributed by atoms with van der Waals surface area (Å²) in [5, 5.41) is 15.1. The van der Waals surface area contributed by atoms with Crippen LogP contribution >= 0.6 is 0 Å². The average molecular weight is 203 g/mol. The topological polar surface area (TPSA) is 50.1 Å². The number of nitrogens with one attached hydrogen (secondary N) is 1. The summed E-state index contributed by atoms with van der Waals surface area (Å²) >= 11 is 0. The van der Waals surface area contributed by atoms with Gasteiger partial charge in [-0.2, -0.15) is 5.10 Å². The van der Waals surface area contributed by atoms with Crippen LogP contribution in [-0.4, -0.2) is 28.0 Å². The first-order valence-electron chi connectivity index (χ1n) is 4.78. The standard InChI is InChI=1S/C7H12FN3O.C2H6/c1-11-5-6(8)7(10-11)9-3-2-4-12;1-2/h5,12H,2-4H2,1H3,(H,9,10);1-2H3. The molecule has 0 radical (unpaired) electrons. The molecule has 0 aromatic carbocycles. The van der Waals surface area contributed by atoms with Crippen molar-refractivity contribution in [2.24, 2.45) is 7.05 Å². The summed E-state index contributed by atoms with van der Waals surface area (Å²) in [6.07, 6.45) is 1.89. The molecule has 0 bridgehead atoms. The van der Waals surface area contributed by atoms with Gasteiger partial charge >= 0.3 is 0 Å². The maximum absolute atomic E-state index is 12.8. The minimum absolute atomic E-state index is 0.0987. The number of halogens is 1. The van der Waals surface area contributed by atoms with E-state index in [9.17, 15) is 4.39 Å². The molecule has 1 aromatic rings. The monoisotopic (exact) mass is 203 g/mol. The second-order valence-corrected chi connectivity index (χ2v) is 2.50. The van der Waals surface area contributed by atoms with Gasteiger partial charge in [0, 0.05) is 20.2 Å². The average Bonchev–Trinajstić information content (AvgIpc) is 2.49. The summed E-state index contributed by atoms with van der Waals surface area (Å²) < 4.78 is 14.2. The quantitative estimate of drug-likeness (QED) is 0.727. The Morgan fingerprint density at radius 1 is 1.57 bits per heavy atom. The van der Waals surface area contributed by atoms with E-state index < -0.39 is 0 Å². The molecule has 0 fully saturated rings. The van der Waals surface area contributed by atoms with Gasteiger partial charge in [0.05, 0.1) is 6.20 Å². The summed E-state index contributed by atoms with van der Waals surface area (Å²) in [5.41, 5.74) is 0. The summed E-state index contributed by atoms with van der Waals surface area (Å²) in [6.45, 7) is 4.63. The summed E-state index contributed by atoms with van der Waals surface area (Å²) in [6, 6.07) is 0. The van der Waals surface area contributed by atoms with Crippen LogP contribution in [-0.2, 0) is 7.05 Å². The summed E-state index contributed by atoms with van der Waals surface area (Å²) in [4.78, 5) is 0. The fraction of sp³-hybridized carbons (Fsp3) is 0.667. The zero-order valence-corrected chi connectivity index (χ0v) is 8.92. The highest BCUT2D eigenvalue weighted by Gasteiger charge is 2.04. The Morgan fingerprint density at radius 3 is 2.64 bits per heavy atom. The van der Waals surface area contributed by atoms with Crippen molar-refractivity contribution in [3.05, 3.63) is 12.0 Å². The van der Waals surface area contributed by atoms with Crippen LogP contribution in [0.25, 0.3) is 0 Å². The number of aliphatic hydroxyl groups excluding tert-OH is 1. The van der Waals surface area contributed by atoms with Gasteiger partial charge in [0.2, 0.25) is 0 Å². The molecule has 0 saturated heterocycles. The van der Waals surface area contributed by atoms with Crippen molar-refractivity contribution in [2.45, 2.75) is 20.3 Å². The molecule has 1 rings (SSSR count). The molecule has 0 atom stereocenters. The number of nitrogens with zero attached hydrogens (tertiary/aromatic N) is 2. The number of aliphatic hydroxyl groups is 1. The van der Waals surface area contributed by atoms with E-state index in [0.29, 0.717) is 13.0 Å². The minimum Gasteiger partial charge on any atom is -0.396 e. The molecule has 14 heavy (non-hydrogen) atoms. The maximum Gasteiger partial charge on any atom is 0.184 e. The van der Waals surface area contributed by atoms with Crippen LogP contribution in [0.5, 0.6) is 0 Å². The molecule has 0 unspecified atom stereocenters. The Kier molecular flexibility index (Phi) is 6.74. The van der Waals surface area contributed by atoms with E-state index in [2.05, 4.69) is 10.4 Å². The maximum atomic E-state index is 12.8. The van der Waals surface area contributed by atoms with Crippen molar-refractivity contribution in [2.75, 3.05) is 18.5 Å². The fourth-order valence-corrected chi connectivity index (χ4v) is 0.865. The van der Waals surface area contributed by atoms with Crippen LogP contribution < -0.4 is 5.32 Å². The highest BCUT2D eigenvalue weighted by atomic mass is 19.1. The van der Waals surface area contributed by atoms with Gasteiger partial charge in [0.25, 0.3) is 0 Å². The van der Waals surface area contributed by atoms with Crippen molar-refractivity contribution in [1.82, 2.24) is 9.78 Å². The lowest BCUT2D eigenvalue weighted by atomic mass is 10.4. The molecule has 5 heteroatoms. The minimum atomic E-state index is -0.365. The highest BCUT2D eigenvalue weighted by Crippen LogP contribution is 2.08. The van der Waals surface area contributed by atoms with E-state index in [0.717, 1.165) is 0 Å². The lowest BCUT2D eigenvalue weighted by Crippen LogP contribution is -2.05. The molecule has 4 nitrogen and oxygen atoms in total. The molecule has 0 aliphatic rings. The van der Waals surface area contributed by atoms with Crippen LogP contribution in [0.3, 0.4) is 0 Å². The third-order valence-corrected chi connectivity index (χ3v) is 1.41. The first-order chi connectivity index (χ1) is 6.74. The van der Waals surface area contributed by atoms with Gasteiger partial charge in [-0.25, -0.2) is 4.39 Å². The molecule has 0 spiro atoms. The van der Waals surface area contributed by atoms with Crippen molar-refractivity contribution < 1.29 is 9.50 Å². The third-order valence-electron chi connectivity index (χ3n) is 1.41.